The Kier molecular flexibility index (Phi) is 4.09. The molecule has 1 aromatic carbocycles. The Morgan fingerprint density at radius 3 is 2.72 bits per heavy atom. The van der Waals surface area contributed by atoms with E-state index < -0.39 is 17.7 Å². The van der Waals surface area contributed by atoms with E-state index in [0.717, 1.165) is 5.56 Å². The Bertz CT molecular complexity index is 523. The van der Waals surface area contributed by atoms with Crippen LogP contribution in [-0.4, -0.2) is 5.11 Å². The average Bonchev–Trinajstić information content (AvgIpc) is 2.85. The summed E-state index contributed by atoms with van der Waals surface area (Å²) in [5, 5.41) is 13.8. The van der Waals surface area contributed by atoms with Crippen molar-refractivity contribution >= 4 is 11.3 Å². The lowest BCUT2D eigenvalue weighted by Gasteiger charge is -2.13. The van der Waals surface area contributed by atoms with Crippen molar-refractivity contribution in [1.29, 1.82) is 0 Å². The van der Waals surface area contributed by atoms with E-state index in [4.69, 9.17) is 0 Å². The van der Waals surface area contributed by atoms with E-state index in [0.29, 0.717) is 18.4 Å². The molecule has 0 bridgehead atoms. The van der Waals surface area contributed by atoms with Crippen molar-refractivity contribution in [2.24, 2.45) is 0 Å². The molecule has 0 saturated heterocycles. The van der Waals surface area contributed by atoms with Crippen LogP contribution < -0.4 is 0 Å². The number of aliphatic hydroxyl groups is 1. The number of hydrogen-bond donors (Lipinski definition) is 1. The van der Waals surface area contributed by atoms with Crippen molar-refractivity contribution in [3.8, 4) is 0 Å². The third-order valence-electron chi connectivity index (χ3n) is 2.94. The van der Waals surface area contributed by atoms with Crippen molar-refractivity contribution in [1.82, 2.24) is 0 Å². The van der Waals surface area contributed by atoms with Gasteiger partial charge in [-0.25, -0.2) is 8.78 Å². The van der Waals surface area contributed by atoms with E-state index >= 15 is 0 Å². The van der Waals surface area contributed by atoms with E-state index in [9.17, 15) is 13.9 Å². The summed E-state index contributed by atoms with van der Waals surface area (Å²) in [5.74, 6) is -1.33. The van der Waals surface area contributed by atoms with Crippen molar-refractivity contribution in [3.63, 3.8) is 0 Å². The molecule has 4 heteroatoms. The molecule has 0 saturated carbocycles. The molecule has 96 valence electrons. The minimum absolute atomic E-state index is 0.217. The third-order valence-corrected chi connectivity index (χ3v) is 3.67. The summed E-state index contributed by atoms with van der Waals surface area (Å²) in [6.45, 7) is 1.56. The van der Waals surface area contributed by atoms with Crippen LogP contribution in [0.4, 0.5) is 8.78 Å². The lowest BCUT2D eigenvalue weighted by Crippen LogP contribution is -2.06. The molecule has 0 spiro atoms. The molecule has 1 heterocycles. The topological polar surface area (TPSA) is 20.2 Å². The van der Waals surface area contributed by atoms with Gasteiger partial charge in [0, 0.05) is 0 Å². The van der Waals surface area contributed by atoms with Crippen LogP contribution in [0.15, 0.2) is 29.0 Å². The summed E-state index contributed by atoms with van der Waals surface area (Å²) in [4.78, 5) is 0. The first-order chi connectivity index (χ1) is 8.59. The number of hydrogen-bond acceptors (Lipinski definition) is 2. The molecule has 0 aliphatic carbocycles. The summed E-state index contributed by atoms with van der Waals surface area (Å²) < 4.78 is 27.3. The zero-order valence-corrected chi connectivity index (χ0v) is 10.8. The second-order valence-electron chi connectivity index (χ2n) is 4.28. The molecule has 2 aromatic rings. The van der Waals surface area contributed by atoms with E-state index in [2.05, 4.69) is 0 Å². The van der Waals surface area contributed by atoms with Crippen LogP contribution in [-0.2, 0) is 6.42 Å². The van der Waals surface area contributed by atoms with Gasteiger partial charge in [-0.05, 0) is 53.8 Å². The van der Waals surface area contributed by atoms with E-state index in [1.807, 2.05) is 16.8 Å². The minimum Gasteiger partial charge on any atom is -0.388 e. The molecule has 0 aliphatic heterocycles. The molecule has 0 fully saturated rings. The summed E-state index contributed by atoms with van der Waals surface area (Å²) in [6.07, 6.45) is -0.185. The monoisotopic (exact) mass is 268 g/mol. The van der Waals surface area contributed by atoms with Gasteiger partial charge >= 0.3 is 0 Å². The second kappa shape index (κ2) is 5.59. The molecular formula is C14H14F2OS. The van der Waals surface area contributed by atoms with E-state index in [-0.39, 0.29) is 5.56 Å². The quantitative estimate of drug-likeness (QED) is 0.888. The lowest BCUT2D eigenvalue weighted by atomic mass is 10.00. The molecule has 0 radical (unpaired) electrons. The Balaban J connectivity index is 2.13. The first-order valence-electron chi connectivity index (χ1n) is 5.73. The summed E-state index contributed by atoms with van der Waals surface area (Å²) in [5.41, 5.74) is 1.21. The van der Waals surface area contributed by atoms with Crippen LogP contribution in [0.1, 0.15) is 29.2 Å². The predicted octanol–water partition coefficient (Wildman–Crippen LogP) is 4.00. The van der Waals surface area contributed by atoms with Gasteiger partial charge in [0.1, 0.15) is 11.6 Å². The lowest BCUT2D eigenvalue weighted by molar-refractivity contribution is 0.158. The van der Waals surface area contributed by atoms with Gasteiger partial charge in [-0.2, -0.15) is 11.3 Å². The van der Waals surface area contributed by atoms with Crippen LogP contribution >= 0.6 is 11.3 Å². The highest BCUT2D eigenvalue weighted by molar-refractivity contribution is 7.07. The van der Waals surface area contributed by atoms with E-state index in [1.54, 1.807) is 18.3 Å². The van der Waals surface area contributed by atoms with Crippen LogP contribution in [0.25, 0.3) is 0 Å². The fourth-order valence-electron chi connectivity index (χ4n) is 1.87. The van der Waals surface area contributed by atoms with Gasteiger partial charge in [0.25, 0.3) is 0 Å². The molecule has 0 aliphatic rings. The summed E-state index contributed by atoms with van der Waals surface area (Å²) in [7, 11) is 0. The maximum atomic E-state index is 13.8. The summed E-state index contributed by atoms with van der Waals surface area (Å²) >= 11 is 1.57. The molecule has 18 heavy (non-hydrogen) atoms. The number of aliphatic hydroxyl groups excluding tert-OH is 1. The Morgan fingerprint density at radius 1 is 1.28 bits per heavy atom. The Morgan fingerprint density at radius 2 is 2.06 bits per heavy atom. The standard InChI is InChI=1S/C14H14F2OS/c1-9-2-4-11(15)13(14(9)16)12(17)5-3-10-6-7-18-8-10/h2,4,6-8,12,17H,3,5H2,1H3. The fraction of sp³-hybridized carbons (Fsp3) is 0.286. The van der Waals surface area contributed by atoms with Crippen LogP contribution in [0, 0.1) is 18.6 Å². The minimum atomic E-state index is -1.11. The molecule has 1 nitrogen and oxygen atoms in total. The Labute approximate surface area is 109 Å². The zero-order valence-electron chi connectivity index (χ0n) is 9.99. The van der Waals surface area contributed by atoms with Crippen molar-refractivity contribution < 1.29 is 13.9 Å². The normalized spacial score (nSPS) is 12.7. The average molecular weight is 268 g/mol. The number of benzene rings is 1. The van der Waals surface area contributed by atoms with Gasteiger partial charge in [0.2, 0.25) is 0 Å². The predicted molar refractivity (Wildman–Crippen MR) is 68.7 cm³/mol. The largest absolute Gasteiger partial charge is 0.388 e. The number of aryl methyl sites for hydroxylation is 2. The first-order valence-corrected chi connectivity index (χ1v) is 6.67. The molecule has 1 aromatic heterocycles. The maximum absolute atomic E-state index is 13.8. The highest BCUT2D eigenvalue weighted by Gasteiger charge is 2.19. The summed E-state index contributed by atoms with van der Waals surface area (Å²) in [6, 6.07) is 4.52. The molecule has 0 amide bonds. The number of halogens is 2. The Hall–Kier alpha value is -1.26. The van der Waals surface area contributed by atoms with Crippen molar-refractivity contribution in [2.45, 2.75) is 25.9 Å². The van der Waals surface area contributed by atoms with Crippen LogP contribution in [0.2, 0.25) is 0 Å². The van der Waals surface area contributed by atoms with Gasteiger partial charge in [0.05, 0.1) is 11.7 Å². The smallest absolute Gasteiger partial charge is 0.134 e. The van der Waals surface area contributed by atoms with E-state index in [1.165, 1.54) is 12.1 Å². The number of thiophene rings is 1. The van der Waals surface area contributed by atoms with Crippen LogP contribution in [0.5, 0.6) is 0 Å². The molecule has 1 N–H and O–H groups in total. The van der Waals surface area contributed by atoms with Gasteiger partial charge in [0.15, 0.2) is 0 Å². The first kappa shape index (κ1) is 13.2. The zero-order chi connectivity index (χ0) is 13.1. The second-order valence-corrected chi connectivity index (χ2v) is 5.06. The fourth-order valence-corrected chi connectivity index (χ4v) is 2.57. The molecule has 1 unspecified atom stereocenters. The molecule has 2 rings (SSSR count). The van der Waals surface area contributed by atoms with Gasteiger partial charge in [-0.3, -0.25) is 0 Å². The van der Waals surface area contributed by atoms with Gasteiger partial charge in [-0.1, -0.05) is 6.07 Å². The SMILES string of the molecule is Cc1ccc(F)c(C(O)CCc2ccsc2)c1F. The van der Waals surface area contributed by atoms with Crippen LogP contribution in [0.3, 0.4) is 0 Å². The highest BCUT2D eigenvalue weighted by atomic mass is 32.1. The maximum Gasteiger partial charge on any atom is 0.134 e. The van der Waals surface area contributed by atoms with Crippen molar-refractivity contribution in [3.05, 3.63) is 57.3 Å². The molecule has 1 atom stereocenters. The molecular weight excluding hydrogens is 254 g/mol. The van der Waals surface area contributed by atoms with Gasteiger partial charge < -0.3 is 5.11 Å². The highest BCUT2D eigenvalue weighted by Crippen LogP contribution is 2.26. The number of rotatable bonds is 4. The van der Waals surface area contributed by atoms with Gasteiger partial charge in [-0.15, -0.1) is 0 Å². The van der Waals surface area contributed by atoms with Crippen molar-refractivity contribution in [2.75, 3.05) is 0 Å². The third kappa shape index (κ3) is 2.76.